The van der Waals surface area contributed by atoms with Crippen LogP contribution in [-0.2, 0) is 9.53 Å². The average Bonchev–Trinajstić information content (AvgIpc) is 2.05. The highest BCUT2D eigenvalue weighted by Gasteiger charge is 2.23. The zero-order valence-corrected chi connectivity index (χ0v) is 7.25. The Labute approximate surface area is 72.0 Å². The monoisotopic (exact) mass is 170 g/mol. The maximum atomic E-state index is 10.9. The molecule has 0 aromatic carbocycles. The van der Waals surface area contributed by atoms with Gasteiger partial charge in [-0.15, -0.1) is 0 Å². The first kappa shape index (κ1) is 9.26. The molecule has 1 fully saturated rings. The third-order valence-corrected chi connectivity index (χ3v) is 2.19. The third-order valence-electron chi connectivity index (χ3n) is 2.19. The second-order valence-corrected chi connectivity index (χ2v) is 2.94. The van der Waals surface area contributed by atoms with Gasteiger partial charge in [0.25, 0.3) is 0 Å². The summed E-state index contributed by atoms with van der Waals surface area (Å²) in [7, 11) is 0. The van der Waals surface area contributed by atoms with Crippen molar-refractivity contribution >= 4 is 5.97 Å². The highest BCUT2D eigenvalue weighted by molar-refractivity contribution is 5.71. The number of cyclic esters (lactones) is 1. The van der Waals surface area contributed by atoms with E-state index in [1.165, 1.54) is 0 Å². The molecule has 0 aliphatic carbocycles. The Morgan fingerprint density at radius 2 is 2.50 bits per heavy atom. The van der Waals surface area contributed by atoms with E-state index in [9.17, 15) is 4.79 Å². The molecule has 0 radical (unpaired) electrons. The predicted molar refractivity (Wildman–Crippen MR) is 44.5 cm³/mol. The average molecular weight is 170 g/mol. The molecule has 1 heterocycles. The topological polar surface area (TPSA) is 46.5 Å². The molecule has 0 bridgehead atoms. The first-order chi connectivity index (χ1) is 5.77. The SMILES string of the molecule is C/C=C1\COC(=O)C[C@@H]1CCO. The Kier molecular flexibility index (Phi) is 3.29. The van der Waals surface area contributed by atoms with Crippen molar-refractivity contribution in [1.29, 1.82) is 0 Å². The minimum Gasteiger partial charge on any atom is -0.461 e. The van der Waals surface area contributed by atoms with E-state index in [1.54, 1.807) is 0 Å². The largest absolute Gasteiger partial charge is 0.461 e. The summed E-state index contributed by atoms with van der Waals surface area (Å²) < 4.78 is 4.87. The smallest absolute Gasteiger partial charge is 0.306 e. The molecule has 0 amide bonds. The van der Waals surface area contributed by atoms with Crippen LogP contribution >= 0.6 is 0 Å². The molecule has 1 saturated heterocycles. The van der Waals surface area contributed by atoms with Crippen molar-refractivity contribution in [3.63, 3.8) is 0 Å². The molecular formula is C9H14O3. The van der Waals surface area contributed by atoms with Crippen LogP contribution in [0.15, 0.2) is 11.6 Å². The highest BCUT2D eigenvalue weighted by atomic mass is 16.5. The minimum atomic E-state index is -0.154. The van der Waals surface area contributed by atoms with Crippen molar-refractivity contribution in [1.82, 2.24) is 0 Å². The van der Waals surface area contributed by atoms with Crippen LogP contribution in [0.1, 0.15) is 19.8 Å². The normalized spacial score (nSPS) is 27.3. The molecule has 1 aliphatic heterocycles. The van der Waals surface area contributed by atoms with E-state index >= 15 is 0 Å². The summed E-state index contributed by atoms with van der Waals surface area (Å²) in [5.41, 5.74) is 1.13. The first-order valence-corrected chi connectivity index (χ1v) is 4.19. The summed E-state index contributed by atoms with van der Waals surface area (Å²) in [6, 6.07) is 0. The van der Waals surface area contributed by atoms with E-state index < -0.39 is 0 Å². The van der Waals surface area contributed by atoms with Crippen molar-refractivity contribution < 1.29 is 14.6 Å². The van der Waals surface area contributed by atoms with Crippen LogP contribution < -0.4 is 0 Å². The van der Waals surface area contributed by atoms with Gasteiger partial charge in [-0.25, -0.2) is 0 Å². The maximum absolute atomic E-state index is 10.9. The molecule has 68 valence electrons. The molecule has 0 saturated carbocycles. The molecule has 0 aromatic heterocycles. The minimum absolute atomic E-state index is 0.134. The number of hydrogen-bond donors (Lipinski definition) is 1. The number of rotatable bonds is 2. The fraction of sp³-hybridized carbons (Fsp3) is 0.667. The Hall–Kier alpha value is -0.830. The van der Waals surface area contributed by atoms with Gasteiger partial charge in [0.2, 0.25) is 0 Å². The van der Waals surface area contributed by atoms with Crippen LogP contribution in [0.3, 0.4) is 0 Å². The second-order valence-electron chi connectivity index (χ2n) is 2.94. The van der Waals surface area contributed by atoms with Crippen LogP contribution in [0.5, 0.6) is 0 Å². The molecule has 3 nitrogen and oxygen atoms in total. The third kappa shape index (κ3) is 2.08. The summed E-state index contributed by atoms with van der Waals surface area (Å²) in [4.78, 5) is 10.9. The molecule has 1 aliphatic rings. The number of carbonyl (C=O) groups is 1. The number of aliphatic hydroxyl groups is 1. The molecule has 1 rings (SSSR count). The van der Waals surface area contributed by atoms with Crippen molar-refractivity contribution in [2.24, 2.45) is 5.92 Å². The summed E-state index contributed by atoms with van der Waals surface area (Å²) in [5, 5.41) is 8.74. The van der Waals surface area contributed by atoms with Crippen molar-refractivity contribution in [2.45, 2.75) is 19.8 Å². The van der Waals surface area contributed by atoms with Crippen molar-refractivity contribution in [3.8, 4) is 0 Å². The molecule has 1 N–H and O–H groups in total. The number of allylic oxidation sites excluding steroid dienone is 1. The quantitative estimate of drug-likeness (QED) is 0.494. The lowest BCUT2D eigenvalue weighted by Crippen LogP contribution is -2.24. The molecule has 0 aromatic rings. The van der Waals surface area contributed by atoms with Gasteiger partial charge in [0.05, 0.1) is 6.42 Å². The van der Waals surface area contributed by atoms with E-state index in [-0.39, 0.29) is 18.5 Å². The summed E-state index contributed by atoms with van der Waals surface area (Å²) in [6.45, 7) is 2.47. The van der Waals surface area contributed by atoms with Crippen LogP contribution in [0, 0.1) is 5.92 Å². The van der Waals surface area contributed by atoms with Gasteiger partial charge < -0.3 is 9.84 Å². The van der Waals surface area contributed by atoms with E-state index in [4.69, 9.17) is 9.84 Å². The lowest BCUT2D eigenvalue weighted by Gasteiger charge is -2.23. The van der Waals surface area contributed by atoms with Gasteiger partial charge >= 0.3 is 5.97 Å². The standard InChI is InChI=1S/C9H14O3/c1-2-7-6-12-9(11)5-8(7)3-4-10/h2,8,10H,3-6H2,1H3/b7-2+/t8-/m0/s1. The number of ether oxygens (including phenoxy) is 1. The van der Waals surface area contributed by atoms with E-state index in [0.717, 1.165) is 5.57 Å². The zero-order chi connectivity index (χ0) is 8.97. The molecule has 0 unspecified atom stereocenters. The Balaban J connectivity index is 2.58. The second kappa shape index (κ2) is 4.26. The van der Waals surface area contributed by atoms with E-state index in [1.807, 2.05) is 13.0 Å². The number of hydrogen-bond acceptors (Lipinski definition) is 3. The Morgan fingerprint density at radius 1 is 1.75 bits per heavy atom. The molecule has 0 spiro atoms. The van der Waals surface area contributed by atoms with Crippen molar-refractivity contribution in [3.05, 3.63) is 11.6 Å². The van der Waals surface area contributed by atoms with Crippen LogP contribution in [-0.4, -0.2) is 24.3 Å². The summed E-state index contributed by atoms with van der Waals surface area (Å²) in [6.07, 6.45) is 3.04. The van der Waals surface area contributed by atoms with Gasteiger partial charge in [-0.1, -0.05) is 6.08 Å². The van der Waals surface area contributed by atoms with Gasteiger partial charge in [0.1, 0.15) is 6.61 Å². The maximum Gasteiger partial charge on any atom is 0.306 e. The molecular weight excluding hydrogens is 156 g/mol. The lowest BCUT2D eigenvalue weighted by atomic mass is 9.91. The van der Waals surface area contributed by atoms with Gasteiger partial charge in [-0.2, -0.15) is 0 Å². The molecule has 12 heavy (non-hydrogen) atoms. The van der Waals surface area contributed by atoms with Crippen LogP contribution in [0.2, 0.25) is 0 Å². The molecule has 3 heteroatoms. The fourth-order valence-electron chi connectivity index (χ4n) is 1.44. The van der Waals surface area contributed by atoms with Gasteiger partial charge in [0.15, 0.2) is 0 Å². The number of carbonyl (C=O) groups excluding carboxylic acids is 1. The van der Waals surface area contributed by atoms with Crippen LogP contribution in [0.4, 0.5) is 0 Å². The van der Waals surface area contributed by atoms with Crippen LogP contribution in [0.25, 0.3) is 0 Å². The fourth-order valence-corrected chi connectivity index (χ4v) is 1.44. The van der Waals surface area contributed by atoms with Crippen molar-refractivity contribution in [2.75, 3.05) is 13.2 Å². The van der Waals surface area contributed by atoms with E-state index in [2.05, 4.69) is 0 Å². The summed E-state index contributed by atoms with van der Waals surface area (Å²) in [5.74, 6) is 0.0419. The van der Waals surface area contributed by atoms with Gasteiger partial charge in [-0.05, 0) is 24.8 Å². The first-order valence-electron chi connectivity index (χ1n) is 4.19. The lowest BCUT2D eigenvalue weighted by molar-refractivity contribution is -0.146. The zero-order valence-electron chi connectivity index (χ0n) is 7.25. The number of esters is 1. The molecule has 1 atom stereocenters. The van der Waals surface area contributed by atoms with Gasteiger partial charge in [0, 0.05) is 6.61 Å². The Morgan fingerprint density at radius 3 is 3.08 bits per heavy atom. The highest BCUT2D eigenvalue weighted by Crippen LogP contribution is 2.24. The summed E-state index contributed by atoms with van der Waals surface area (Å²) >= 11 is 0. The number of aliphatic hydroxyl groups excluding tert-OH is 1. The Bertz CT molecular complexity index is 196. The van der Waals surface area contributed by atoms with Gasteiger partial charge in [-0.3, -0.25) is 4.79 Å². The predicted octanol–water partition coefficient (Wildman–Crippen LogP) is 0.878. The van der Waals surface area contributed by atoms with E-state index in [0.29, 0.717) is 19.4 Å².